The number of carbonyl (C=O) groups excluding carboxylic acids is 4. The second-order valence-corrected chi connectivity index (χ2v) is 31.7. The summed E-state index contributed by atoms with van der Waals surface area (Å²) in [7, 11) is -9.91. The van der Waals surface area contributed by atoms with Gasteiger partial charge in [-0.25, -0.2) is 9.13 Å². The Hall–Kier alpha value is -1.94. The Morgan fingerprint density at radius 1 is 0.299 bits per heavy atom. The summed E-state index contributed by atoms with van der Waals surface area (Å²) >= 11 is 0. The molecule has 576 valence electrons. The quantitative estimate of drug-likeness (QED) is 0.0222. The molecular formula is C78H152O17P2. The van der Waals surface area contributed by atoms with E-state index in [1.54, 1.807) is 0 Å². The number of phosphoric acid groups is 2. The summed E-state index contributed by atoms with van der Waals surface area (Å²) in [4.78, 5) is 72.9. The molecule has 0 saturated carbocycles. The largest absolute Gasteiger partial charge is 0.472 e. The van der Waals surface area contributed by atoms with Gasteiger partial charge in [-0.05, 0) is 37.5 Å². The number of aliphatic hydroxyl groups excluding tert-OH is 1. The molecule has 17 nitrogen and oxygen atoms in total. The Balaban J connectivity index is 5.23. The molecule has 0 radical (unpaired) electrons. The minimum absolute atomic E-state index is 0.104. The van der Waals surface area contributed by atoms with Crippen molar-refractivity contribution in [1.82, 2.24) is 0 Å². The van der Waals surface area contributed by atoms with Crippen LogP contribution in [0, 0.1) is 11.8 Å². The van der Waals surface area contributed by atoms with Crippen LogP contribution in [-0.2, 0) is 65.4 Å². The summed E-state index contributed by atoms with van der Waals surface area (Å²) in [6.07, 6.45) is 58.4. The molecule has 0 saturated heterocycles. The van der Waals surface area contributed by atoms with Crippen molar-refractivity contribution in [2.24, 2.45) is 11.8 Å². The first-order chi connectivity index (χ1) is 46.9. The van der Waals surface area contributed by atoms with Crippen LogP contribution in [0.5, 0.6) is 0 Å². The highest BCUT2D eigenvalue weighted by Crippen LogP contribution is 2.45. The first-order valence-corrected chi connectivity index (χ1v) is 43.5. The Bertz CT molecular complexity index is 1870. The van der Waals surface area contributed by atoms with Gasteiger partial charge in [-0.3, -0.25) is 37.3 Å². The molecule has 0 aromatic carbocycles. The van der Waals surface area contributed by atoms with Crippen molar-refractivity contribution in [1.29, 1.82) is 0 Å². The van der Waals surface area contributed by atoms with Crippen molar-refractivity contribution in [3.8, 4) is 0 Å². The molecule has 6 atom stereocenters. The van der Waals surface area contributed by atoms with Crippen LogP contribution in [0.4, 0.5) is 0 Å². The Morgan fingerprint density at radius 3 is 0.784 bits per heavy atom. The zero-order valence-electron chi connectivity index (χ0n) is 63.4. The predicted molar refractivity (Wildman–Crippen MR) is 395 cm³/mol. The molecule has 0 aliphatic rings. The first kappa shape index (κ1) is 95.1. The van der Waals surface area contributed by atoms with E-state index < -0.39 is 97.5 Å². The van der Waals surface area contributed by atoms with Crippen molar-refractivity contribution < 1.29 is 80.2 Å². The Kier molecular flexibility index (Phi) is 68.4. The van der Waals surface area contributed by atoms with Crippen LogP contribution in [0.2, 0.25) is 0 Å². The van der Waals surface area contributed by atoms with Gasteiger partial charge in [0.1, 0.15) is 19.3 Å². The van der Waals surface area contributed by atoms with E-state index in [4.69, 9.17) is 37.0 Å². The highest BCUT2D eigenvalue weighted by Gasteiger charge is 2.30. The maximum Gasteiger partial charge on any atom is 0.472 e. The maximum absolute atomic E-state index is 13.1. The topological polar surface area (TPSA) is 237 Å². The average Bonchev–Trinajstić information content (AvgIpc) is 1.01. The first-order valence-electron chi connectivity index (χ1n) is 40.5. The lowest BCUT2D eigenvalue weighted by Crippen LogP contribution is -2.30. The number of unbranched alkanes of at least 4 members (excludes halogenated alkanes) is 46. The normalized spacial score (nSPS) is 14.2. The Morgan fingerprint density at radius 2 is 0.526 bits per heavy atom. The molecule has 0 rings (SSSR count). The lowest BCUT2D eigenvalue weighted by atomic mass is 9.99. The lowest BCUT2D eigenvalue weighted by Gasteiger charge is -2.21. The number of hydrogen-bond acceptors (Lipinski definition) is 15. The van der Waals surface area contributed by atoms with Crippen LogP contribution < -0.4 is 0 Å². The van der Waals surface area contributed by atoms with E-state index in [0.29, 0.717) is 31.6 Å². The summed E-state index contributed by atoms with van der Waals surface area (Å²) < 4.78 is 68.6. The minimum Gasteiger partial charge on any atom is -0.462 e. The summed E-state index contributed by atoms with van der Waals surface area (Å²) in [5.41, 5.74) is 0. The number of ether oxygens (including phenoxy) is 4. The highest BCUT2D eigenvalue weighted by molar-refractivity contribution is 7.47. The number of aliphatic hydroxyl groups is 1. The molecule has 0 spiro atoms. The predicted octanol–water partition coefficient (Wildman–Crippen LogP) is 23.1. The van der Waals surface area contributed by atoms with Gasteiger partial charge < -0.3 is 33.8 Å². The van der Waals surface area contributed by atoms with Crippen LogP contribution in [0.25, 0.3) is 0 Å². The second kappa shape index (κ2) is 69.8. The van der Waals surface area contributed by atoms with Gasteiger partial charge in [0.05, 0.1) is 26.4 Å². The smallest absolute Gasteiger partial charge is 0.462 e. The van der Waals surface area contributed by atoms with Gasteiger partial charge in [-0.1, -0.05) is 356 Å². The third kappa shape index (κ3) is 70.9. The van der Waals surface area contributed by atoms with Crippen molar-refractivity contribution in [3.63, 3.8) is 0 Å². The Labute approximate surface area is 594 Å². The van der Waals surface area contributed by atoms with E-state index >= 15 is 0 Å². The van der Waals surface area contributed by atoms with Gasteiger partial charge in [0, 0.05) is 25.7 Å². The third-order valence-corrected chi connectivity index (χ3v) is 20.5. The van der Waals surface area contributed by atoms with E-state index in [-0.39, 0.29) is 25.7 Å². The van der Waals surface area contributed by atoms with Gasteiger partial charge in [0.15, 0.2) is 12.2 Å². The second-order valence-electron chi connectivity index (χ2n) is 28.8. The van der Waals surface area contributed by atoms with Crippen molar-refractivity contribution in [3.05, 3.63) is 0 Å². The lowest BCUT2D eigenvalue weighted by molar-refractivity contribution is -0.161. The molecule has 19 heteroatoms. The van der Waals surface area contributed by atoms with Crippen LogP contribution in [0.1, 0.15) is 408 Å². The fraction of sp³-hybridized carbons (Fsp3) is 0.949. The van der Waals surface area contributed by atoms with Crippen LogP contribution >= 0.6 is 15.6 Å². The molecular weight excluding hydrogens is 1270 g/mol. The van der Waals surface area contributed by atoms with Crippen LogP contribution in [0.3, 0.4) is 0 Å². The molecule has 3 N–H and O–H groups in total. The molecule has 0 aliphatic heterocycles. The monoisotopic (exact) mass is 1420 g/mol. The molecule has 3 unspecified atom stereocenters. The number of phosphoric ester groups is 2. The highest BCUT2D eigenvalue weighted by atomic mass is 31.2. The third-order valence-electron chi connectivity index (χ3n) is 18.6. The molecule has 0 aromatic rings. The van der Waals surface area contributed by atoms with Crippen molar-refractivity contribution >= 4 is 39.5 Å². The molecule has 0 fully saturated rings. The van der Waals surface area contributed by atoms with Gasteiger partial charge in [0.2, 0.25) is 0 Å². The SMILES string of the molecule is CCCCCCCCCCCCCCCCCCCCCC(=O)O[C@H](COC(=O)CCCCCCCCCCCCCCCCCC)COP(=O)(O)OC[C@@H](O)COP(=O)(O)OC[C@@H](COC(=O)CCCCCCCCCC(C)C)OC(=O)CCCCCCCCCCC(C)CC. The zero-order valence-corrected chi connectivity index (χ0v) is 65.2. The molecule has 0 heterocycles. The number of rotatable bonds is 77. The number of hydrogen-bond donors (Lipinski definition) is 3. The number of carbonyl (C=O) groups is 4. The summed E-state index contributed by atoms with van der Waals surface area (Å²) in [5, 5.41) is 10.6. The standard InChI is InChI=1S/C78H152O17P2/c1-7-10-12-14-16-18-20-22-24-26-27-28-30-32-34-36-43-50-56-62-77(82)94-73(66-88-75(80)60-54-48-42-35-33-31-29-25-23-21-19-17-15-13-11-8-2)68-92-96(84,85)90-64-72(79)65-91-97(86,87)93-69-74(67-89-76(81)61-55-49-45-39-40-46-52-58-70(4)5)95-78(83)63-57-51-44-38-37-41-47-53-59-71(6)9-3/h70-74,79H,7-69H2,1-6H3,(H,84,85)(H,86,87)/t71?,72-,73-,74-/m1/s1. The van der Waals surface area contributed by atoms with Gasteiger partial charge in [0.25, 0.3) is 0 Å². The van der Waals surface area contributed by atoms with E-state index in [0.717, 1.165) is 102 Å². The van der Waals surface area contributed by atoms with E-state index in [1.807, 2.05) is 0 Å². The molecule has 0 bridgehead atoms. The fourth-order valence-electron chi connectivity index (χ4n) is 12.0. The summed E-state index contributed by atoms with van der Waals surface area (Å²) in [6.45, 7) is 9.55. The van der Waals surface area contributed by atoms with E-state index in [9.17, 15) is 43.2 Å². The van der Waals surface area contributed by atoms with Gasteiger partial charge in [-0.15, -0.1) is 0 Å². The zero-order chi connectivity index (χ0) is 71.4. The maximum atomic E-state index is 13.1. The molecule has 97 heavy (non-hydrogen) atoms. The summed E-state index contributed by atoms with van der Waals surface area (Å²) in [6, 6.07) is 0. The number of esters is 4. The average molecular weight is 1420 g/mol. The van der Waals surface area contributed by atoms with Crippen LogP contribution in [0.15, 0.2) is 0 Å². The molecule has 0 amide bonds. The molecule has 0 aliphatic carbocycles. The van der Waals surface area contributed by atoms with Crippen LogP contribution in [-0.4, -0.2) is 96.7 Å². The molecule has 0 aromatic heterocycles. The van der Waals surface area contributed by atoms with Gasteiger partial charge in [-0.2, -0.15) is 0 Å². The van der Waals surface area contributed by atoms with E-state index in [2.05, 4.69) is 41.5 Å². The fourth-order valence-corrected chi connectivity index (χ4v) is 13.6. The van der Waals surface area contributed by atoms with Crippen molar-refractivity contribution in [2.45, 2.75) is 426 Å². The minimum atomic E-state index is -4.96. The van der Waals surface area contributed by atoms with Crippen molar-refractivity contribution in [2.75, 3.05) is 39.6 Å². The van der Waals surface area contributed by atoms with Gasteiger partial charge >= 0.3 is 39.5 Å². The summed E-state index contributed by atoms with van der Waals surface area (Å²) in [5.74, 6) is -0.640. The van der Waals surface area contributed by atoms with E-state index in [1.165, 1.54) is 218 Å².